The molecule has 4 rings (SSSR count). The number of rotatable bonds is 4. The number of carbonyl (C=O) groups is 3. The minimum absolute atomic E-state index is 0.0445. The molecule has 1 aromatic carbocycles. The van der Waals surface area contributed by atoms with Gasteiger partial charge < -0.3 is 4.74 Å². The van der Waals surface area contributed by atoms with Crippen LogP contribution in [0.4, 0.5) is 0 Å². The van der Waals surface area contributed by atoms with E-state index in [1.165, 1.54) is 11.3 Å². The lowest BCUT2D eigenvalue weighted by molar-refractivity contribution is -0.153. The second-order valence-electron chi connectivity index (χ2n) is 6.15. The highest BCUT2D eigenvalue weighted by atomic mass is 32.1. The van der Waals surface area contributed by atoms with Crippen LogP contribution in [0.5, 0.6) is 0 Å². The smallest absolute Gasteiger partial charge is 0.326 e. The lowest BCUT2D eigenvalue weighted by atomic mass is 9.85. The molecule has 1 aromatic heterocycles. The third kappa shape index (κ3) is 2.95. The van der Waals surface area contributed by atoms with E-state index in [0.29, 0.717) is 17.8 Å². The molecule has 2 amide bonds. The Kier molecular flexibility index (Phi) is 4.09. The quantitative estimate of drug-likeness (QED) is 0.477. The first-order chi connectivity index (χ1) is 12.1. The Bertz CT molecular complexity index is 829. The highest BCUT2D eigenvalue weighted by Gasteiger charge is 2.47. The van der Waals surface area contributed by atoms with E-state index in [1.54, 1.807) is 0 Å². The van der Waals surface area contributed by atoms with Gasteiger partial charge in [-0.15, -0.1) is 11.3 Å². The number of hydrogen-bond acceptors (Lipinski definition) is 6. The van der Waals surface area contributed by atoms with E-state index in [9.17, 15) is 14.4 Å². The van der Waals surface area contributed by atoms with Crippen molar-refractivity contribution in [3.63, 3.8) is 0 Å². The maximum atomic E-state index is 12.3. The molecule has 1 saturated heterocycles. The van der Waals surface area contributed by atoms with Gasteiger partial charge in [0.2, 0.25) is 11.8 Å². The van der Waals surface area contributed by atoms with Crippen LogP contribution in [0.15, 0.2) is 36.4 Å². The van der Waals surface area contributed by atoms with E-state index in [4.69, 9.17) is 4.74 Å². The second-order valence-corrected chi connectivity index (χ2v) is 7.27. The minimum Gasteiger partial charge on any atom is -0.457 e. The molecule has 7 heteroatoms. The molecule has 0 radical (unpaired) electrons. The molecule has 6 nitrogen and oxygen atoms in total. The van der Waals surface area contributed by atoms with Gasteiger partial charge in [-0.1, -0.05) is 24.3 Å². The van der Waals surface area contributed by atoms with Crippen LogP contribution in [0.2, 0.25) is 0 Å². The summed E-state index contributed by atoms with van der Waals surface area (Å²) in [6.07, 6.45) is 4.96. The van der Waals surface area contributed by atoms with Crippen molar-refractivity contribution in [2.24, 2.45) is 11.8 Å². The fourth-order valence-corrected chi connectivity index (χ4v) is 4.20. The predicted molar refractivity (Wildman–Crippen MR) is 91.5 cm³/mol. The Hall–Kier alpha value is -2.54. The van der Waals surface area contributed by atoms with Crippen molar-refractivity contribution in [3.05, 3.63) is 41.4 Å². The van der Waals surface area contributed by atoms with Crippen LogP contribution in [0, 0.1) is 11.8 Å². The molecule has 0 unspecified atom stereocenters. The summed E-state index contributed by atoms with van der Waals surface area (Å²) in [5.41, 5.74) is 0.861. The number of hydrogen-bond donors (Lipinski definition) is 0. The van der Waals surface area contributed by atoms with E-state index in [2.05, 4.69) is 4.98 Å². The summed E-state index contributed by atoms with van der Waals surface area (Å²) < 4.78 is 6.24. The fraction of sp³-hybridized carbons (Fsp3) is 0.333. The normalized spacial score (nSPS) is 22.5. The number of thiazole rings is 1. The standard InChI is InChI=1S/C18H16N2O4S/c21-16(24-10-15-19-13-7-3-4-8-14(13)25-15)9-20-17(22)11-5-1-2-6-12(11)18(20)23/h1-4,7-8,11-12H,5-6,9-10H2/t11-,12+. The minimum atomic E-state index is -0.590. The Morgan fingerprint density at radius 2 is 1.84 bits per heavy atom. The molecular weight excluding hydrogens is 340 g/mol. The molecule has 2 aliphatic rings. The summed E-state index contributed by atoms with van der Waals surface area (Å²) in [6.45, 7) is -0.279. The molecule has 0 saturated carbocycles. The molecule has 128 valence electrons. The lowest BCUT2D eigenvalue weighted by Crippen LogP contribution is -2.36. The maximum absolute atomic E-state index is 12.3. The number of carbonyl (C=O) groups excluding carboxylic acids is 3. The summed E-state index contributed by atoms with van der Waals surface area (Å²) in [6, 6.07) is 7.68. The molecule has 25 heavy (non-hydrogen) atoms. The summed E-state index contributed by atoms with van der Waals surface area (Å²) in [7, 11) is 0. The molecule has 0 spiro atoms. The number of allylic oxidation sites excluding steroid dienone is 2. The summed E-state index contributed by atoms with van der Waals surface area (Å²) in [5.74, 6) is -1.77. The molecule has 2 heterocycles. The van der Waals surface area contributed by atoms with E-state index < -0.39 is 5.97 Å². The van der Waals surface area contributed by atoms with Crippen molar-refractivity contribution in [3.8, 4) is 0 Å². The number of para-hydroxylation sites is 1. The van der Waals surface area contributed by atoms with Crippen LogP contribution in [0.1, 0.15) is 17.8 Å². The van der Waals surface area contributed by atoms with Crippen LogP contribution in [-0.4, -0.2) is 34.2 Å². The number of ether oxygens (including phenoxy) is 1. The zero-order valence-electron chi connectivity index (χ0n) is 13.4. The Morgan fingerprint density at radius 1 is 1.16 bits per heavy atom. The molecule has 1 aliphatic carbocycles. The Morgan fingerprint density at radius 3 is 2.52 bits per heavy atom. The summed E-state index contributed by atoms with van der Waals surface area (Å²) >= 11 is 1.46. The highest BCUT2D eigenvalue weighted by molar-refractivity contribution is 7.18. The van der Waals surface area contributed by atoms with Gasteiger partial charge in [-0.2, -0.15) is 0 Å². The first kappa shape index (κ1) is 16.0. The number of imide groups is 1. The molecule has 0 bridgehead atoms. The zero-order chi connectivity index (χ0) is 17.4. The predicted octanol–water partition coefficient (Wildman–Crippen LogP) is 2.29. The van der Waals surface area contributed by atoms with Crippen molar-refractivity contribution in [1.82, 2.24) is 9.88 Å². The van der Waals surface area contributed by atoms with Crippen molar-refractivity contribution in [1.29, 1.82) is 0 Å². The average molecular weight is 356 g/mol. The molecule has 1 fully saturated rings. The number of nitrogens with zero attached hydrogens (tertiary/aromatic N) is 2. The van der Waals surface area contributed by atoms with Gasteiger partial charge in [0.25, 0.3) is 0 Å². The Balaban J connectivity index is 1.37. The van der Waals surface area contributed by atoms with Crippen molar-refractivity contribution >= 4 is 39.3 Å². The number of fused-ring (bicyclic) bond motifs is 2. The van der Waals surface area contributed by atoms with Crippen LogP contribution in [0.3, 0.4) is 0 Å². The van der Waals surface area contributed by atoms with Gasteiger partial charge >= 0.3 is 5.97 Å². The molecule has 2 atom stereocenters. The van der Waals surface area contributed by atoms with E-state index in [1.807, 2.05) is 36.4 Å². The van der Waals surface area contributed by atoms with E-state index >= 15 is 0 Å². The molecule has 2 aromatic rings. The third-order valence-corrected chi connectivity index (χ3v) is 5.59. The van der Waals surface area contributed by atoms with Gasteiger partial charge in [0.1, 0.15) is 18.2 Å². The number of aromatic nitrogens is 1. The van der Waals surface area contributed by atoms with Crippen LogP contribution < -0.4 is 0 Å². The maximum Gasteiger partial charge on any atom is 0.326 e. The van der Waals surface area contributed by atoms with Gasteiger partial charge in [0.05, 0.1) is 22.1 Å². The van der Waals surface area contributed by atoms with Crippen LogP contribution >= 0.6 is 11.3 Å². The van der Waals surface area contributed by atoms with Gasteiger partial charge in [-0.05, 0) is 25.0 Å². The number of likely N-dealkylation sites (tertiary alicyclic amines) is 1. The third-order valence-electron chi connectivity index (χ3n) is 4.58. The van der Waals surface area contributed by atoms with Gasteiger partial charge in [-0.3, -0.25) is 19.3 Å². The van der Waals surface area contributed by atoms with Crippen LogP contribution in [-0.2, 0) is 25.7 Å². The number of esters is 1. The van der Waals surface area contributed by atoms with Crippen molar-refractivity contribution in [2.45, 2.75) is 19.4 Å². The lowest BCUT2D eigenvalue weighted by Gasteiger charge is -2.14. The summed E-state index contributed by atoms with van der Waals surface area (Å²) in [4.78, 5) is 42.2. The average Bonchev–Trinajstić information content (AvgIpc) is 3.15. The zero-order valence-corrected chi connectivity index (χ0v) is 14.2. The van der Waals surface area contributed by atoms with Crippen LogP contribution in [0.25, 0.3) is 10.2 Å². The van der Waals surface area contributed by atoms with Gasteiger partial charge in [0.15, 0.2) is 0 Å². The largest absolute Gasteiger partial charge is 0.457 e. The SMILES string of the molecule is O=C(CN1C(=O)[C@H]2CC=CC[C@H]2C1=O)OCc1nc2ccccc2s1. The number of benzene rings is 1. The fourth-order valence-electron chi connectivity index (χ4n) is 3.32. The first-order valence-electron chi connectivity index (χ1n) is 8.14. The summed E-state index contributed by atoms with van der Waals surface area (Å²) in [5, 5.41) is 0.687. The topological polar surface area (TPSA) is 76.6 Å². The van der Waals surface area contributed by atoms with E-state index in [0.717, 1.165) is 15.1 Å². The highest BCUT2D eigenvalue weighted by Crippen LogP contribution is 2.34. The van der Waals surface area contributed by atoms with Gasteiger partial charge in [0, 0.05) is 0 Å². The van der Waals surface area contributed by atoms with Crippen molar-refractivity contribution in [2.75, 3.05) is 6.54 Å². The number of amides is 2. The van der Waals surface area contributed by atoms with E-state index in [-0.39, 0.29) is 36.8 Å². The molecule has 1 aliphatic heterocycles. The molecule has 0 N–H and O–H groups in total. The monoisotopic (exact) mass is 356 g/mol. The second kappa shape index (κ2) is 6.40. The van der Waals surface area contributed by atoms with Crippen molar-refractivity contribution < 1.29 is 19.1 Å². The van der Waals surface area contributed by atoms with Gasteiger partial charge in [-0.25, -0.2) is 4.98 Å². The Labute approximate surface area is 148 Å². The first-order valence-corrected chi connectivity index (χ1v) is 8.95. The molecular formula is C18H16N2O4S.